The number of halogens is 1. The van der Waals surface area contributed by atoms with Gasteiger partial charge in [0, 0.05) is 10.2 Å². The summed E-state index contributed by atoms with van der Waals surface area (Å²) >= 11 is 3.41. The second-order valence-corrected chi connectivity index (χ2v) is 8.00. The number of nitrogens with one attached hydrogen (secondary N) is 1. The van der Waals surface area contributed by atoms with Crippen molar-refractivity contribution >= 4 is 31.6 Å². The third-order valence-corrected chi connectivity index (χ3v) is 5.95. The van der Waals surface area contributed by atoms with E-state index in [1.165, 1.54) is 0 Å². The lowest BCUT2D eigenvalue weighted by atomic mass is 10.1. The number of anilines is 1. The van der Waals surface area contributed by atoms with Crippen molar-refractivity contribution in [3.05, 3.63) is 82.8 Å². The fraction of sp³-hybridized carbons (Fsp3) is 0.0526. The molecule has 24 heavy (non-hydrogen) atoms. The van der Waals surface area contributed by atoms with Gasteiger partial charge >= 0.3 is 0 Å². The van der Waals surface area contributed by atoms with Crippen molar-refractivity contribution in [2.45, 2.75) is 11.8 Å². The zero-order valence-corrected chi connectivity index (χ0v) is 15.4. The van der Waals surface area contributed by atoms with Crippen molar-refractivity contribution in [3.63, 3.8) is 0 Å². The predicted molar refractivity (Wildman–Crippen MR) is 102 cm³/mol. The van der Waals surface area contributed by atoms with E-state index >= 15 is 0 Å². The highest BCUT2D eigenvalue weighted by Gasteiger charge is 2.14. The monoisotopic (exact) mass is 401 g/mol. The van der Waals surface area contributed by atoms with Crippen molar-refractivity contribution in [1.82, 2.24) is 0 Å². The van der Waals surface area contributed by atoms with Crippen LogP contribution in [0.2, 0.25) is 0 Å². The van der Waals surface area contributed by atoms with Gasteiger partial charge in [0.1, 0.15) is 0 Å². The Morgan fingerprint density at radius 1 is 0.833 bits per heavy atom. The smallest absolute Gasteiger partial charge is 0.261 e. The Morgan fingerprint density at radius 3 is 2.08 bits per heavy atom. The van der Waals surface area contributed by atoms with Gasteiger partial charge in [-0.3, -0.25) is 4.72 Å². The Balaban J connectivity index is 1.86. The summed E-state index contributed by atoms with van der Waals surface area (Å²) in [6.07, 6.45) is 0. The molecule has 3 nitrogen and oxygen atoms in total. The maximum atomic E-state index is 12.5. The molecule has 0 aliphatic carbocycles. The van der Waals surface area contributed by atoms with Crippen LogP contribution in [0.15, 0.2) is 82.2 Å². The summed E-state index contributed by atoms with van der Waals surface area (Å²) in [6, 6.07) is 22.1. The van der Waals surface area contributed by atoms with Gasteiger partial charge in [-0.2, -0.15) is 0 Å². The average Bonchev–Trinajstić information content (AvgIpc) is 2.59. The minimum atomic E-state index is -3.61. The van der Waals surface area contributed by atoms with Gasteiger partial charge in [0.05, 0.1) is 4.90 Å². The van der Waals surface area contributed by atoms with E-state index in [0.717, 1.165) is 21.2 Å². The first-order valence-electron chi connectivity index (χ1n) is 7.40. The van der Waals surface area contributed by atoms with Crippen LogP contribution in [0.4, 0.5) is 5.69 Å². The second kappa shape index (κ2) is 6.79. The van der Waals surface area contributed by atoms with Crippen molar-refractivity contribution in [3.8, 4) is 11.1 Å². The number of hydrogen-bond donors (Lipinski definition) is 1. The molecule has 1 N–H and O–H groups in total. The van der Waals surface area contributed by atoms with Crippen LogP contribution in [0.1, 0.15) is 5.56 Å². The van der Waals surface area contributed by atoms with E-state index in [9.17, 15) is 8.42 Å². The lowest BCUT2D eigenvalue weighted by Gasteiger charge is -2.10. The van der Waals surface area contributed by atoms with Crippen molar-refractivity contribution in [2.24, 2.45) is 0 Å². The summed E-state index contributed by atoms with van der Waals surface area (Å²) in [5.74, 6) is 0. The van der Waals surface area contributed by atoms with E-state index in [1.807, 2.05) is 55.5 Å². The number of sulfonamides is 1. The van der Waals surface area contributed by atoms with Crippen LogP contribution >= 0.6 is 15.9 Å². The third kappa shape index (κ3) is 3.68. The van der Waals surface area contributed by atoms with Gasteiger partial charge in [0.2, 0.25) is 0 Å². The average molecular weight is 402 g/mol. The predicted octanol–water partition coefficient (Wildman–Crippen LogP) is 5.23. The van der Waals surface area contributed by atoms with Crippen LogP contribution in [0, 0.1) is 6.92 Å². The lowest BCUT2D eigenvalue weighted by molar-refractivity contribution is 0.601. The molecule has 0 spiro atoms. The van der Waals surface area contributed by atoms with Crippen LogP contribution in [-0.4, -0.2) is 8.42 Å². The summed E-state index contributed by atoms with van der Waals surface area (Å²) in [7, 11) is -3.61. The molecule has 0 unspecified atom stereocenters. The van der Waals surface area contributed by atoms with Gasteiger partial charge in [0.15, 0.2) is 0 Å². The Morgan fingerprint density at radius 2 is 1.46 bits per heavy atom. The van der Waals surface area contributed by atoms with E-state index in [4.69, 9.17) is 0 Å². The Bertz CT molecular complexity index is 952. The molecule has 0 saturated carbocycles. The van der Waals surface area contributed by atoms with E-state index in [0.29, 0.717) is 5.69 Å². The molecule has 0 atom stereocenters. The summed E-state index contributed by atoms with van der Waals surface area (Å²) in [5.41, 5.74) is 3.61. The highest BCUT2D eigenvalue weighted by atomic mass is 79.9. The summed E-state index contributed by atoms with van der Waals surface area (Å²) in [5, 5.41) is 0. The molecular weight excluding hydrogens is 386 g/mol. The second-order valence-electron chi connectivity index (χ2n) is 5.46. The minimum absolute atomic E-state index is 0.235. The first kappa shape index (κ1) is 16.7. The number of benzene rings is 3. The lowest BCUT2D eigenvalue weighted by Crippen LogP contribution is -2.12. The quantitative estimate of drug-likeness (QED) is 0.650. The van der Waals surface area contributed by atoms with Crippen LogP contribution in [-0.2, 0) is 10.0 Å². The fourth-order valence-electron chi connectivity index (χ4n) is 2.33. The van der Waals surface area contributed by atoms with Crippen molar-refractivity contribution in [2.75, 3.05) is 4.72 Å². The molecule has 5 heteroatoms. The molecule has 0 radical (unpaired) electrons. The Kier molecular flexibility index (Phi) is 4.73. The molecule has 3 rings (SSSR count). The summed E-state index contributed by atoms with van der Waals surface area (Å²) in [4.78, 5) is 0.235. The van der Waals surface area contributed by atoms with Gasteiger partial charge < -0.3 is 0 Å². The highest BCUT2D eigenvalue weighted by Crippen LogP contribution is 2.25. The molecule has 0 saturated heterocycles. The highest BCUT2D eigenvalue weighted by molar-refractivity contribution is 9.10. The number of aryl methyl sites for hydroxylation is 1. The van der Waals surface area contributed by atoms with E-state index in [-0.39, 0.29) is 4.90 Å². The van der Waals surface area contributed by atoms with Crippen LogP contribution in [0.5, 0.6) is 0 Å². The minimum Gasteiger partial charge on any atom is -0.280 e. The van der Waals surface area contributed by atoms with Crippen LogP contribution < -0.4 is 4.72 Å². The van der Waals surface area contributed by atoms with Gasteiger partial charge in [-0.1, -0.05) is 64.5 Å². The van der Waals surface area contributed by atoms with Crippen LogP contribution in [0.3, 0.4) is 0 Å². The van der Waals surface area contributed by atoms with Crippen molar-refractivity contribution < 1.29 is 8.42 Å². The fourth-order valence-corrected chi connectivity index (χ4v) is 3.76. The first-order chi connectivity index (χ1) is 11.5. The number of rotatable bonds is 4. The summed E-state index contributed by atoms with van der Waals surface area (Å²) < 4.78 is 28.5. The Labute approximate surface area is 150 Å². The number of hydrogen-bond acceptors (Lipinski definition) is 2. The SMILES string of the molecule is Cc1ccc(NS(=O)(=O)c2ccc(-c3ccccc3)cc2)cc1Br. The van der Waals surface area contributed by atoms with Gasteiger partial charge in [0.25, 0.3) is 10.0 Å². The molecule has 3 aromatic rings. The van der Waals surface area contributed by atoms with E-state index in [2.05, 4.69) is 20.7 Å². The standard InChI is InChI=1S/C19H16BrNO2S/c1-14-7-10-17(13-19(14)20)21-24(22,23)18-11-8-16(9-12-18)15-5-3-2-4-6-15/h2-13,21H,1H3. The molecule has 0 aromatic heterocycles. The van der Waals surface area contributed by atoms with Gasteiger partial charge in [-0.25, -0.2) is 8.42 Å². The molecular formula is C19H16BrNO2S. The molecule has 0 aliphatic heterocycles. The normalized spacial score (nSPS) is 11.2. The largest absolute Gasteiger partial charge is 0.280 e. The topological polar surface area (TPSA) is 46.2 Å². The van der Waals surface area contributed by atoms with E-state index in [1.54, 1.807) is 24.3 Å². The van der Waals surface area contributed by atoms with Crippen LogP contribution in [0.25, 0.3) is 11.1 Å². The summed E-state index contributed by atoms with van der Waals surface area (Å²) in [6.45, 7) is 1.95. The zero-order chi connectivity index (χ0) is 17.2. The Hall–Kier alpha value is -2.11. The third-order valence-electron chi connectivity index (χ3n) is 3.70. The molecule has 122 valence electrons. The molecule has 0 heterocycles. The van der Waals surface area contributed by atoms with E-state index < -0.39 is 10.0 Å². The maximum Gasteiger partial charge on any atom is 0.261 e. The first-order valence-corrected chi connectivity index (χ1v) is 9.68. The van der Waals surface area contributed by atoms with Gasteiger partial charge in [-0.05, 0) is 47.9 Å². The molecule has 0 amide bonds. The molecule has 3 aromatic carbocycles. The zero-order valence-electron chi connectivity index (χ0n) is 13.0. The molecule has 0 fully saturated rings. The van der Waals surface area contributed by atoms with Crippen molar-refractivity contribution in [1.29, 1.82) is 0 Å². The molecule has 0 bridgehead atoms. The maximum absolute atomic E-state index is 12.5. The molecule has 0 aliphatic rings. The van der Waals surface area contributed by atoms with Gasteiger partial charge in [-0.15, -0.1) is 0 Å².